The lowest BCUT2D eigenvalue weighted by atomic mass is 10.1. The highest BCUT2D eigenvalue weighted by Crippen LogP contribution is 2.31. The molecule has 0 unspecified atom stereocenters. The fourth-order valence-corrected chi connectivity index (χ4v) is 1.65. The standard InChI is InChI=1S/C13H11ClN2O2/c14-10-3-1-2-4-11(10)18-12-7-8(15)5-6-9(12)13(16)17/h1-7H,15H2,(H2,16,17). The summed E-state index contributed by atoms with van der Waals surface area (Å²) in [7, 11) is 0. The number of nitrogen functional groups attached to an aromatic ring is 1. The van der Waals surface area contributed by atoms with E-state index in [9.17, 15) is 4.79 Å². The Balaban J connectivity index is 2.42. The number of halogens is 1. The molecule has 0 aromatic heterocycles. The molecule has 0 fully saturated rings. The van der Waals surface area contributed by atoms with Gasteiger partial charge < -0.3 is 16.2 Å². The molecule has 0 radical (unpaired) electrons. The molecule has 5 heteroatoms. The molecule has 18 heavy (non-hydrogen) atoms. The van der Waals surface area contributed by atoms with Crippen LogP contribution < -0.4 is 16.2 Å². The summed E-state index contributed by atoms with van der Waals surface area (Å²) in [4.78, 5) is 11.3. The third-order valence-electron chi connectivity index (χ3n) is 2.33. The molecule has 1 amide bonds. The van der Waals surface area contributed by atoms with Crippen molar-refractivity contribution in [1.29, 1.82) is 0 Å². The van der Waals surface area contributed by atoms with Crippen LogP contribution in [0.1, 0.15) is 10.4 Å². The van der Waals surface area contributed by atoms with Crippen LogP contribution in [0.15, 0.2) is 42.5 Å². The van der Waals surface area contributed by atoms with E-state index in [0.717, 1.165) is 0 Å². The number of para-hydroxylation sites is 1. The van der Waals surface area contributed by atoms with E-state index in [-0.39, 0.29) is 11.3 Å². The molecule has 92 valence electrons. The van der Waals surface area contributed by atoms with E-state index in [0.29, 0.717) is 16.5 Å². The zero-order valence-corrected chi connectivity index (χ0v) is 10.1. The van der Waals surface area contributed by atoms with Gasteiger partial charge in [-0.25, -0.2) is 0 Å². The van der Waals surface area contributed by atoms with Crippen LogP contribution >= 0.6 is 11.6 Å². The molecule has 0 aliphatic heterocycles. The van der Waals surface area contributed by atoms with E-state index in [4.69, 9.17) is 27.8 Å². The number of primary amides is 1. The Morgan fingerprint density at radius 3 is 2.50 bits per heavy atom. The van der Waals surface area contributed by atoms with Crippen LogP contribution in [0.4, 0.5) is 5.69 Å². The summed E-state index contributed by atoms with van der Waals surface area (Å²) in [6.45, 7) is 0. The molecule has 2 rings (SSSR count). The summed E-state index contributed by atoms with van der Waals surface area (Å²) in [6.07, 6.45) is 0. The van der Waals surface area contributed by atoms with E-state index in [1.807, 2.05) is 0 Å². The monoisotopic (exact) mass is 262 g/mol. The average molecular weight is 263 g/mol. The van der Waals surface area contributed by atoms with Gasteiger partial charge in [0.15, 0.2) is 0 Å². The van der Waals surface area contributed by atoms with Crippen molar-refractivity contribution < 1.29 is 9.53 Å². The summed E-state index contributed by atoms with van der Waals surface area (Å²) >= 11 is 5.97. The summed E-state index contributed by atoms with van der Waals surface area (Å²) in [6, 6.07) is 11.6. The number of carbonyl (C=O) groups is 1. The molecule has 0 aliphatic rings. The van der Waals surface area contributed by atoms with E-state index >= 15 is 0 Å². The first-order chi connectivity index (χ1) is 8.58. The fourth-order valence-electron chi connectivity index (χ4n) is 1.47. The van der Waals surface area contributed by atoms with Crippen LogP contribution in [0.2, 0.25) is 5.02 Å². The van der Waals surface area contributed by atoms with Gasteiger partial charge in [-0.3, -0.25) is 4.79 Å². The summed E-state index contributed by atoms with van der Waals surface area (Å²) in [5.74, 6) is 0.139. The molecule has 2 aromatic carbocycles. The summed E-state index contributed by atoms with van der Waals surface area (Å²) < 4.78 is 5.57. The molecule has 0 spiro atoms. The van der Waals surface area contributed by atoms with Crippen molar-refractivity contribution in [3.8, 4) is 11.5 Å². The van der Waals surface area contributed by atoms with Crippen molar-refractivity contribution in [1.82, 2.24) is 0 Å². The number of nitrogens with two attached hydrogens (primary N) is 2. The Bertz CT molecular complexity index is 599. The first kappa shape index (κ1) is 12.3. The zero-order valence-electron chi connectivity index (χ0n) is 9.39. The molecule has 0 saturated carbocycles. The van der Waals surface area contributed by atoms with E-state index in [1.54, 1.807) is 30.3 Å². The highest BCUT2D eigenvalue weighted by atomic mass is 35.5. The second-order valence-electron chi connectivity index (χ2n) is 3.65. The van der Waals surface area contributed by atoms with Gasteiger partial charge >= 0.3 is 0 Å². The minimum atomic E-state index is -0.586. The molecular formula is C13H11ClN2O2. The van der Waals surface area contributed by atoms with Gasteiger partial charge in [0.2, 0.25) is 0 Å². The van der Waals surface area contributed by atoms with Gasteiger partial charge in [-0.1, -0.05) is 23.7 Å². The van der Waals surface area contributed by atoms with Crippen LogP contribution in [-0.2, 0) is 0 Å². The molecular weight excluding hydrogens is 252 g/mol. The van der Waals surface area contributed by atoms with Crippen molar-refractivity contribution in [2.45, 2.75) is 0 Å². The molecule has 0 heterocycles. The Morgan fingerprint density at radius 2 is 1.83 bits per heavy atom. The minimum absolute atomic E-state index is 0.254. The lowest BCUT2D eigenvalue weighted by Crippen LogP contribution is -2.12. The lowest BCUT2D eigenvalue weighted by Gasteiger charge is -2.11. The molecule has 4 N–H and O–H groups in total. The van der Waals surface area contributed by atoms with E-state index in [2.05, 4.69) is 0 Å². The van der Waals surface area contributed by atoms with Crippen LogP contribution in [0.3, 0.4) is 0 Å². The largest absolute Gasteiger partial charge is 0.455 e. The number of hydrogen-bond acceptors (Lipinski definition) is 3. The topological polar surface area (TPSA) is 78.3 Å². The Hall–Kier alpha value is -2.20. The van der Waals surface area contributed by atoms with Crippen LogP contribution in [-0.4, -0.2) is 5.91 Å². The highest BCUT2D eigenvalue weighted by molar-refractivity contribution is 6.32. The van der Waals surface area contributed by atoms with Crippen molar-refractivity contribution >= 4 is 23.2 Å². The summed E-state index contributed by atoms with van der Waals surface area (Å²) in [5.41, 5.74) is 11.6. The van der Waals surface area contributed by atoms with Crippen molar-refractivity contribution in [2.75, 3.05) is 5.73 Å². The molecule has 0 saturated heterocycles. The van der Waals surface area contributed by atoms with Crippen LogP contribution in [0.5, 0.6) is 11.5 Å². The van der Waals surface area contributed by atoms with Crippen LogP contribution in [0, 0.1) is 0 Å². The number of benzene rings is 2. The van der Waals surface area contributed by atoms with Gasteiger partial charge in [0, 0.05) is 11.8 Å². The smallest absolute Gasteiger partial charge is 0.252 e. The van der Waals surface area contributed by atoms with E-state index < -0.39 is 5.91 Å². The first-order valence-corrected chi connectivity index (χ1v) is 5.57. The normalized spacial score (nSPS) is 10.1. The zero-order chi connectivity index (χ0) is 13.1. The maximum atomic E-state index is 11.3. The van der Waals surface area contributed by atoms with Gasteiger partial charge in [-0.15, -0.1) is 0 Å². The second-order valence-corrected chi connectivity index (χ2v) is 4.06. The lowest BCUT2D eigenvalue weighted by molar-refractivity contribution is 0.0998. The third-order valence-corrected chi connectivity index (χ3v) is 2.64. The SMILES string of the molecule is NC(=O)c1ccc(N)cc1Oc1ccccc1Cl. The Morgan fingerprint density at radius 1 is 1.11 bits per heavy atom. The van der Waals surface area contributed by atoms with Crippen molar-refractivity contribution in [3.63, 3.8) is 0 Å². The Labute approximate surface area is 109 Å². The molecule has 0 aliphatic carbocycles. The highest BCUT2D eigenvalue weighted by Gasteiger charge is 2.11. The van der Waals surface area contributed by atoms with Gasteiger partial charge in [-0.05, 0) is 24.3 Å². The minimum Gasteiger partial charge on any atom is -0.455 e. The number of anilines is 1. The third kappa shape index (κ3) is 2.55. The number of carbonyl (C=O) groups excluding carboxylic acids is 1. The number of rotatable bonds is 3. The van der Waals surface area contributed by atoms with Crippen molar-refractivity contribution in [3.05, 3.63) is 53.1 Å². The fraction of sp³-hybridized carbons (Fsp3) is 0. The van der Waals surface area contributed by atoms with Gasteiger partial charge in [-0.2, -0.15) is 0 Å². The first-order valence-electron chi connectivity index (χ1n) is 5.19. The van der Waals surface area contributed by atoms with Crippen molar-refractivity contribution in [2.24, 2.45) is 5.73 Å². The quantitative estimate of drug-likeness (QED) is 0.835. The van der Waals surface area contributed by atoms with Gasteiger partial charge in [0.05, 0.1) is 10.6 Å². The maximum Gasteiger partial charge on any atom is 0.252 e. The number of amides is 1. The molecule has 2 aromatic rings. The predicted molar refractivity (Wildman–Crippen MR) is 70.9 cm³/mol. The van der Waals surface area contributed by atoms with Crippen LogP contribution in [0.25, 0.3) is 0 Å². The Kier molecular flexibility index (Phi) is 3.39. The van der Waals surface area contributed by atoms with E-state index in [1.165, 1.54) is 12.1 Å². The molecule has 0 bridgehead atoms. The number of hydrogen-bond donors (Lipinski definition) is 2. The molecule has 4 nitrogen and oxygen atoms in total. The van der Waals surface area contributed by atoms with Gasteiger partial charge in [0.1, 0.15) is 11.5 Å². The molecule has 0 atom stereocenters. The average Bonchev–Trinajstić information content (AvgIpc) is 2.32. The second kappa shape index (κ2) is 4.98. The maximum absolute atomic E-state index is 11.3. The predicted octanol–water partition coefficient (Wildman–Crippen LogP) is 2.81. The van der Waals surface area contributed by atoms with Gasteiger partial charge in [0.25, 0.3) is 5.91 Å². The summed E-state index contributed by atoms with van der Waals surface area (Å²) in [5, 5.41) is 0.440. The number of ether oxygens (including phenoxy) is 1.